The molecule has 1 N–H and O–H groups in total. The molecule has 3 nitrogen and oxygen atoms in total. The van der Waals surface area contributed by atoms with E-state index in [-0.39, 0.29) is 6.04 Å². The average molecular weight is 242 g/mol. The van der Waals surface area contributed by atoms with Crippen LogP contribution in [0.15, 0.2) is 35.1 Å². The summed E-state index contributed by atoms with van der Waals surface area (Å²) in [6.07, 6.45) is 5.91. The minimum atomic E-state index is 0.219. The molecule has 3 heteroatoms. The molecular formula is C15H18N2O. The van der Waals surface area contributed by atoms with Gasteiger partial charge in [0.2, 0.25) is 0 Å². The fraction of sp³-hybridized carbons (Fsp3) is 0.400. The number of hydrogen-bond acceptors (Lipinski definition) is 3. The molecular weight excluding hydrogens is 224 g/mol. The fourth-order valence-electron chi connectivity index (χ4n) is 2.99. The summed E-state index contributed by atoms with van der Waals surface area (Å²) in [5, 5.41) is 3.39. The summed E-state index contributed by atoms with van der Waals surface area (Å²) in [6, 6.07) is 6.45. The quantitative estimate of drug-likeness (QED) is 0.899. The van der Waals surface area contributed by atoms with E-state index in [0.29, 0.717) is 5.92 Å². The van der Waals surface area contributed by atoms with Gasteiger partial charge >= 0.3 is 0 Å². The molecule has 0 spiro atoms. The first-order valence-corrected chi connectivity index (χ1v) is 6.46. The molecule has 2 atom stereocenters. The van der Waals surface area contributed by atoms with Crippen LogP contribution in [0.2, 0.25) is 0 Å². The van der Waals surface area contributed by atoms with E-state index in [2.05, 4.69) is 23.3 Å². The number of likely N-dealkylation sites (N-methyl/N-ethyl adjacent to an activating group) is 1. The molecule has 0 aromatic carbocycles. The Labute approximate surface area is 107 Å². The van der Waals surface area contributed by atoms with Gasteiger partial charge in [0.1, 0.15) is 5.76 Å². The molecule has 0 aliphatic heterocycles. The molecule has 94 valence electrons. The van der Waals surface area contributed by atoms with Crippen LogP contribution in [0.1, 0.15) is 41.0 Å². The Kier molecular flexibility index (Phi) is 2.92. The highest BCUT2D eigenvalue weighted by Crippen LogP contribution is 2.41. The first-order valence-electron chi connectivity index (χ1n) is 6.46. The van der Waals surface area contributed by atoms with E-state index in [1.165, 1.54) is 16.8 Å². The standard InChI is InChI=1S/C15H18N2O/c1-10-7-9-18-15(10)14(16-2)12-6-5-11-4-3-8-17-13(11)12/h3-4,7-9,12,14,16H,5-6H2,1-2H3. The van der Waals surface area contributed by atoms with Crippen LogP contribution < -0.4 is 5.32 Å². The fourth-order valence-corrected chi connectivity index (χ4v) is 2.99. The lowest BCUT2D eigenvalue weighted by atomic mass is 9.93. The third kappa shape index (κ3) is 1.75. The number of nitrogens with zero attached hydrogens (tertiary/aromatic N) is 1. The molecule has 0 radical (unpaired) electrons. The second-order valence-electron chi connectivity index (χ2n) is 4.93. The number of aryl methyl sites for hydroxylation is 2. The maximum Gasteiger partial charge on any atom is 0.124 e. The normalized spacial score (nSPS) is 19.8. The highest BCUT2D eigenvalue weighted by molar-refractivity contribution is 5.33. The van der Waals surface area contributed by atoms with E-state index in [0.717, 1.165) is 18.6 Å². The zero-order valence-electron chi connectivity index (χ0n) is 10.8. The number of pyridine rings is 1. The number of nitrogens with one attached hydrogen (secondary N) is 1. The molecule has 18 heavy (non-hydrogen) atoms. The maximum absolute atomic E-state index is 5.65. The van der Waals surface area contributed by atoms with Crippen LogP contribution in [-0.4, -0.2) is 12.0 Å². The van der Waals surface area contributed by atoms with Crippen molar-refractivity contribution >= 4 is 0 Å². The first kappa shape index (κ1) is 11.5. The van der Waals surface area contributed by atoms with Crippen molar-refractivity contribution in [3.8, 4) is 0 Å². The van der Waals surface area contributed by atoms with Crippen LogP contribution >= 0.6 is 0 Å². The lowest BCUT2D eigenvalue weighted by molar-refractivity contribution is 0.376. The van der Waals surface area contributed by atoms with Crippen molar-refractivity contribution in [3.63, 3.8) is 0 Å². The predicted molar refractivity (Wildman–Crippen MR) is 70.5 cm³/mol. The van der Waals surface area contributed by atoms with E-state index in [4.69, 9.17) is 4.42 Å². The lowest BCUT2D eigenvalue weighted by Crippen LogP contribution is -2.23. The van der Waals surface area contributed by atoms with E-state index in [9.17, 15) is 0 Å². The first-order chi connectivity index (χ1) is 8.81. The summed E-state index contributed by atoms with van der Waals surface area (Å²) < 4.78 is 5.65. The average Bonchev–Trinajstić information content (AvgIpc) is 2.99. The van der Waals surface area contributed by atoms with Gasteiger partial charge in [-0.25, -0.2) is 0 Å². The Morgan fingerprint density at radius 3 is 3.06 bits per heavy atom. The van der Waals surface area contributed by atoms with Crippen LogP contribution in [0.5, 0.6) is 0 Å². The molecule has 2 heterocycles. The van der Waals surface area contributed by atoms with Crippen molar-refractivity contribution in [1.82, 2.24) is 10.3 Å². The number of rotatable bonds is 3. The van der Waals surface area contributed by atoms with Gasteiger partial charge in [0.05, 0.1) is 12.3 Å². The summed E-state index contributed by atoms with van der Waals surface area (Å²) in [5.74, 6) is 1.46. The van der Waals surface area contributed by atoms with Crippen LogP contribution in [0, 0.1) is 6.92 Å². The van der Waals surface area contributed by atoms with Gasteiger partial charge in [0.15, 0.2) is 0 Å². The van der Waals surface area contributed by atoms with Gasteiger partial charge in [-0.1, -0.05) is 6.07 Å². The number of aromatic nitrogens is 1. The number of furan rings is 1. The third-order valence-electron chi connectivity index (χ3n) is 3.90. The minimum Gasteiger partial charge on any atom is -0.467 e. The van der Waals surface area contributed by atoms with Crippen molar-refractivity contribution in [2.75, 3.05) is 7.05 Å². The van der Waals surface area contributed by atoms with Gasteiger partial charge < -0.3 is 9.73 Å². The van der Waals surface area contributed by atoms with Crippen molar-refractivity contribution in [1.29, 1.82) is 0 Å². The molecule has 0 amide bonds. The highest BCUT2D eigenvalue weighted by atomic mass is 16.3. The van der Waals surface area contributed by atoms with Gasteiger partial charge in [-0.15, -0.1) is 0 Å². The zero-order valence-corrected chi connectivity index (χ0v) is 10.8. The van der Waals surface area contributed by atoms with Crippen LogP contribution in [-0.2, 0) is 6.42 Å². The summed E-state index contributed by atoms with van der Waals surface area (Å²) in [5.41, 5.74) is 3.82. The Balaban J connectivity index is 1.98. The maximum atomic E-state index is 5.65. The van der Waals surface area contributed by atoms with Gasteiger partial charge in [0.25, 0.3) is 0 Å². The Morgan fingerprint density at radius 2 is 2.33 bits per heavy atom. The Morgan fingerprint density at radius 1 is 1.44 bits per heavy atom. The lowest BCUT2D eigenvalue weighted by Gasteiger charge is -2.22. The van der Waals surface area contributed by atoms with Gasteiger partial charge in [-0.3, -0.25) is 4.98 Å². The molecule has 0 saturated carbocycles. The topological polar surface area (TPSA) is 38.1 Å². The monoisotopic (exact) mass is 242 g/mol. The molecule has 2 unspecified atom stereocenters. The summed E-state index contributed by atoms with van der Waals surface area (Å²) in [6.45, 7) is 2.09. The second kappa shape index (κ2) is 4.58. The Hall–Kier alpha value is -1.61. The van der Waals surface area contributed by atoms with Crippen molar-refractivity contribution in [3.05, 3.63) is 53.2 Å². The second-order valence-corrected chi connectivity index (χ2v) is 4.93. The molecule has 1 aliphatic carbocycles. The zero-order chi connectivity index (χ0) is 12.5. The SMILES string of the molecule is CNC(c1occc1C)C1CCc2cccnc21. The predicted octanol–water partition coefficient (Wildman–Crippen LogP) is 2.97. The molecule has 1 aliphatic rings. The number of fused-ring (bicyclic) bond motifs is 1. The van der Waals surface area contributed by atoms with Crippen molar-refractivity contribution < 1.29 is 4.42 Å². The van der Waals surface area contributed by atoms with Gasteiger partial charge in [-0.05, 0) is 50.1 Å². The van der Waals surface area contributed by atoms with Crippen LogP contribution in [0.3, 0.4) is 0 Å². The van der Waals surface area contributed by atoms with E-state index < -0.39 is 0 Å². The molecule has 0 saturated heterocycles. The van der Waals surface area contributed by atoms with Gasteiger partial charge in [-0.2, -0.15) is 0 Å². The highest BCUT2D eigenvalue weighted by Gasteiger charge is 2.33. The van der Waals surface area contributed by atoms with E-state index >= 15 is 0 Å². The van der Waals surface area contributed by atoms with Crippen molar-refractivity contribution in [2.45, 2.75) is 31.7 Å². The van der Waals surface area contributed by atoms with Crippen LogP contribution in [0.4, 0.5) is 0 Å². The summed E-state index contributed by atoms with van der Waals surface area (Å²) >= 11 is 0. The molecule has 2 aromatic heterocycles. The molecule has 3 rings (SSSR count). The van der Waals surface area contributed by atoms with E-state index in [1.54, 1.807) is 6.26 Å². The molecule has 2 aromatic rings. The third-order valence-corrected chi connectivity index (χ3v) is 3.90. The van der Waals surface area contributed by atoms with Gasteiger partial charge in [0, 0.05) is 17.8 Å². The largest absolute Gasteiger partial charge is 0.467 e. The van der Waals surface area contributed by atoms with Crippen LogP contribution in [0.25, 0.3) is 0 Å². The van der Waals surface area contributed by atoms with E-state index in [1.807, 2.05) is 25.4 Å². The molecule has 0 fully saturated rings. The minimum absolute atomic E-state index is 0.219. The molecule has 0 bridgehead atoms. The number of hydrogen-bond donors (Lipinski definition) is 1. The smallest absolute Gasteiger partial charge is 0.124 e. The Bertz CT molecular complexity index is 547. The summed E-state index contributed by atoms with van der Waals surface area (Å²) in [4.78, 5) is 4.57. The van der Waals surface area contributed by atoms with Crippen molar-refractivity contribution in [2.24, 2.45) is 0 Å². The summed E-state index contributed by atoms with van der Waals surface area (Å²) in [7, 11) is 1.99.